The summed E-state index contributed by atoms with van der Waals surface area (Å²) in [4.78, 5) is 14.9. The number of nitrogens with one attached hydrogen (secondary N) is 1. The molecule has 0 saturated carbocycles. The molecule has 28 heavy (non-hydrogen) atoms. The largest absolute Gasteiger partial charge is 0.497 e. The summed E-state index contributed by atoms with van der Waals surface area (Å²) >= 11 is 0. The van der Waals surface area contributed by atoms with E-state index in [-0.39, 0.29) is 11.9 Å². The Morgan fingerprint density at radius 2 is 1.64 bits per heavy atom. The maximum absolute atomic E-state index is 12.5. The van der Waals surface area contributed by atoms with E-state index in [2.05, 4.69) is 22.3 Å². The minimum absolute atomic E-state index is 0.0737. The second-order valence-electron chi connectivity index (χ2n) is 7.39. The van der Waals surface area contributed by atoms with Gasteiger partial charge in [-0.15, -0.1) is 0 Å². The van der Waals surface area contributed by atoms with Gasteiger partial charge in [-0.25, -0.2) is 0 Å². The van der Waals surface area contributed by atoms with E-state index in [9.17, 15) is 4.79 Å². The lowest BCUT2D eigenvalue weighted by atomic mass is 10.1. The predicted octanol–water partition coefficient (Wildman–Crippen LogP) is 3.88. The Morgan fingerprint density at radius 3 is 2.29 bits per heavy atom. The Labute approximate surface area is 167 Å². The van der Waals surface area contributed by atoms with E-state index in [1.165, 1.54) is 37.9 Å². The van der Waals surface area contributed by atoms with Crippen molar-refractivity contribution in [1.29, 1.82) is 0 Å². The third-order valence-electron chi connectivity index (χ3n) is 5.01. The van der Waals surface area contributed by atoms with Crippen LogP contribution in [0.1, 0.15) is 42.1 Å². The number of nitrogens with zero attached hydrogens (tertiary/aromatic N) is 1. The Bertz CT molecular complexity index is 737. The molecule has 150 valence electrons. The molecule has 3 rings (SSSR count). The number of benzene rings is 2. The maximum atomic E-state index is 12.5. The molecule has 0 unspecified atom stereocenters. The van der Waals surface area contributed by atoms with Crippen molar-refractivity contribution in [3.8, 4) is 11.5 Å². The first kappa shape index (κ1) is 20.2. The van der Waals surface area contributed by atoms with Crippen molar-refractivity contribution < 1.29 is 14.3 Å². The molecule has 0 spiro atoms. The van der Waals surface area contributed by atoms with E-state index < -0.39 is 0 Å². The van der Waals surface area contributed by atoms with Gasteiger partial charge in [-0.05, 0) is 74.8 Å². The van der Waals surface area contributed by atoms with E-state index in [0.29, 0.717) is 12.2 Å². The number of amides is 1. The topological polar surface area (TPSA) is 50.8 Å². The first-order valence-electron chi connectivity index (χ1n) is 10.0. The van der Waals surface area contributed by atoms with E-state index in [1.54, 1.807) is 7.11 Å². The third kappa shape index (κ3) is 5.99. The normalized spacial score (nSPS) is 15.6. The van der Waals surface area contributed by atoms with Gasteiger partial charge in [-0.3, -0.25) is 9.69 Å². The summed E-state index contributed by atoms with van der Waals surface area (Å²) in [6.07, 6.45) is 3.92. The second-order valence-corrected chi connectivity index (χ2v) is 7.39. The van der Waals surface area contributed by atoms with Crippen molar-refractivity contribution in [1.82, 2.24) is 10.2 Å². The number of carbonyl (C=O) groups is 1. The molecular weight excluding hydrogens is 352 g/mol. The highest BCUT2D eigenvalue weighted by molar-refractivity contribution is 5.94. The molecule has 1 aliphatic heterocycles. The van der Waals surface area contributed by atoms with Gasteiger partial charge in [0, 0.05) is 12.1 Å². The monoisotopic (exact) mass is 382 g/mol. The van der Waals surface area contributed by atoms with Crippen LogP contribution in [0.2, 0.25) is 0 Å². The summed E-state index contributed by atoms with van der Waals surface area (Å²) in [6.45, 7) is 5.66. The zero-order valence-electron chi connectivity index (χ0n) is 16.8. The number of hydrogen-bond acceptors (Lipinski definition) is 4. The number of likely N-dealkylation sites (tertiary alicyclic amines) is 1. The van der Waals surface area contributed by atoms with Crippen molar-refractivity contribution in [3.05, 3.63) is 59.7 Å². The maximum Gasteiger partial charge on any atom is 0.251 e. The van der Waals surface area contributed by atoms with E-state index in [0.717, 1.165) is 18.0 Å². The lowest BCUT2D eigenvalue weighted by molar-refractivity contribution is 0.0926. The lowest BCUT2D eigenvalue weighted by Gasteiger charge is -2.26. The molecular formula is C23H30N2O3. The molecule has 1 fully saturated rings. The van der Waals surface area contributed by atoms with Crippen LogP contribution >= 0.6 is 0 Å². The van der Waals surface area contributed by atoms with Crippen molar-refractivity contribution in [2.75, 3.05) is 26.8 Å². The highest BCUT2D eigenvalue weighted by atomic mass is 16.5. The predicted molar refractivity (Wildman–Crippen MR) is 111 cm³/mol. The third-order valence-corrected chi connectivity index (χ3v) is 5.01. The molecule has 1 heterocycles. The Balaban J connectivity index is 1.45. The van der Waals surface area contributed by atoms with Crippen molar-refractivity contribution in [3.63, 3.8) is 0 Å². The molecule has 0 bridgehead atoms. The van der Waals surface area contributed by atoms with Crippen molar-refractivity contribution >= 4 is 5.91 Å². The van der Waals surface area contributed by atoms with Crippen LogP contribution < -0.4 is 14.8 Å². The van der Waals surface area contributed by atoms with Gasteiger partial charge >= 0.3 is 0 Å². The lowest BCUT2D eigenvalue weighted by Crippen LogP contribution is -2.36. The summed E-state index contributed by atoms with van der Waals surface area (Å²) in [5.74, 6) is 1.47. The summed E-state index contributed by atoms with van der Waals surface area (Å²) in [6, 6.07) is 15.3. The Morgan fingerprint density at radius 1 is 1.00 bits per heavy atom. The van der Waals surface area contributed by atoms with Gasteiger partial charge < -0.3 is 14.8 Å². The van der Waals surface area contributed by atoms with Crippen LogP contribution in [0.5, 0.6) is 11.5 Å². The molecule has 2 aromatic rings. The van der Waals surface area contributed by atoms with Gasteiger partial charge in [0.25, 0.3) is 5.91 Å². The average molecular weight is 383 g/mol. The number of piperidine rings is 1. The standard InChI is InChI=1S/C23H30N2O3/c1-18(17-28-22-12-10-21(27-2)11-13-22)24-23(26)20-8-6-19(7-9-20)16-25-14-4-3-5-15-25/h6-13,18H,3-5,14-17H2,1-2H3,(H,24,26)/t18-/m0/s1. The zero-order valence-corrected chi connectivity index (χ0v) is 16.8. The fourth-order valence-corrected chi connectivity index (χ4v) is 3.38. The van der Waals surface area contributed by atoms with Crippen LogP contribution in [0.3, 0.4) is 0 Å². The highest BCUT2D eigenvalue weighted by Gasteiger charge is 2.13. The molecule has 1 saturated heterocycles. The SMILES string of the molecule is COc1ccc(OC[C@H](C)NC(=O)c2ccc(CN3CCCCC3)cc2)cc1. The quantitative estimate of drug-likeness (QED) is 0.753. The zero-order chi connectivity index (χ0) is 19.8. The van der Waals surface area contributed by atoms with Gasteiger partial charge in [0.15, 0.2) is 0 Å². The molecule has 1 aliphatic rings. The fraction of sp³-hybridized carbons (Fsp3) is 0.435. The van der Waals surface area contributed by atoms with Crippen molar-refractivity contribution in [2.24, 2.45) is 0 Å². The number of rotatable bonds is 8. The fourth-order valence-electron chi connectivity index (χ4n) is 3.38. The number of carbonyl (C=O) groups excluding carboxylic acids is 1. The van der Waals surface area contributed by atoms with Gasteiger partial charge in [0.2, 0.25) is 0 Å². The highest BCUT2D eigenvalue weighted by Crippen LogP contribution is 2.17. The second kappa shape index (κ2) is 10.1. The molecule has 1 N–H and O–H groups in total. The minimum Gasteiger partial charge on any atom is -0.497 e. The summed E-state index contributed by atoms with van der Waals surface area (Å²) < 4.78 is 10.9. The smallest absolute Gasteiger partial charge is 0.251 e. The Hall–Kier alpha value is -2.53. The van der Waals surface area contributed by atoms with Crippen molar-refractivity contribution in [2.45, 2.75) is 38.8 Å². The van der Waals surface area contributed by atoms with Crippen LogP contribution in [-0.2, 0) is 6.54 Å². The van der Waals surface area contributed by atoms with Gasteiger partial charge in [0.1, 0.15) is 18.1 Å². The number of methoxy groups -OCH3 is 1. The van der Waals surface area contributed by atoms with Crippen LogP contribution in [0.15, 0.2) is 48.5 Å². The molecule has 5 heteroatoms. The molecule has 2 aromatic carbocycles. The van der Waals surface area contributed by atoms with Crippen LogP contribution in [-0.4, -0.2) is 43.7 Å². The molecule has 0 aliphatic carbocycles. The summed E-state index contributed by atoms with van der Waals surface area (Å²) in [5.41, 5.74) is 1.94. The van der Waals surface area contributed by atoms with Gasteiger partial charge in [-0.2, -0.15) is 0 Å². The van der Waals surface area contributed by atoms with Gasteiger partial charge in [0.05, 0.1) is 13.2 Å². The molecule has 0 radical (unpaired) electrons. The minimum atomic E-state index is -0.0948. The number of hydrogen-bond donors (Lipinski definition) is 1. The van der Waals surface area contributed by atoms with Crippen LogP contribution in [0.25, 0.3) is 0 Å². The summed E-state index contributed by atoms with van der Waals surface area (Å²) in [5, 5.41) is 2.99. The van der Waals surface area contributed by atoms with Crippen LogP contribution in [0, 0.1) is 0 Å². The van der Waals surface area contributed by atoms with Gasteiger partial charge in [-0.1, -0.05) is 18.6 Å². The molecule has 1 amide bonds. The van der Waals surface area contributed by atoms with E-state index >= 15 is 0 Å². The molecule has 0 aromatic heterocycles. The molecule has 1 atom stereocenters. The Kier molecular flexibility index (Phi) is 7.31. The van der Waals surface area contributed by atoms with E-state index in [1.807, 2.05) is 43.3 Å². The van der Waals surface area contributed by atoms with E-state index in [4.69, 9.17) is 9.47 Å². The first-order valence-corrected chi connectivity index (χ1v) is 10.0. The average Bonchev–Trinajstić information content (AvgIpc) is 2.74. The number of ether oxygens (including phenoxy) is 2. The first-order chi connectivity index (χ1) is 13.6. The molecule has 5 nitrogen and oxygen atoms in total. The van der Waals surface area contributed by atoms with Crippen LogP contribution in [0.4, 0.5) is 0 Å². The summed E-state index contributed by atoms with van der Waals surface area (Å²) in [7, 11) is 1.63.